The Kier molecular flexibility index (Phi) is 13.1. The van der Waals surface area contributed by atoms with Gasteiger partial charge in [-0.15, -0.1) is 0 Å². The molecule has 1 heterocycles. The summed E-state index contributed by atoms with van der Waals surface area (Å²) in [5.41, 5.74) is 27.3. The molecular weight excluding hydrogens is 873 g/mol. The van der Waals surface area contributed by atoms with Crippen LogP contribution in [0.1, 0.15) is 22.3 Å². The van der Waals surface area contributed by atoms with Gasteiger partial charge in [0.25, 0.3) is 0 Å². The number of nitrogens with zero attached hydrogens (tertiary/aromatic N) is 3. The van der Waals surface area contributed by atoms with Gasteiger partial charge in [-0.1, -0.05) is 279 Å². The zero-order chi connectivity index (χ0) is 48.5. The lowest BCUT2D eigenvalue weighted by atomic mass is 9.89. The smallest absolute Gasteiger partial charge is 0.160 e. The van der Waals surface area contributed by atoms with Crippen molar-refractivity contribution < 1.29 is 0 Å². The first kappa shape index (κ1) is 45.0. The molecule has 342 valence electrons. The molecule has 0 atom stereocenters. The van der Waals surface area contributed by atoms with E-state index in [1.165, 1.54) is 0 Å². The molecule has 11 rings (SSSR count). The van der Waals surface area contributed by atoms with Crippen molar-refractivity contribution in [3.8, 4) is 78.4 Å². The highest BCUT2D eigenvalue weighted by molar-refractivity contribution is 6.36. The van der Waals surface area contributed by atoms with Crippen molar-refractivity contribution in [2.75, 3.05) is 0 Å². The molecule has 0 radical (unpaired) electrons. The van der Waals surface area contributed by atoms with Crippen LogP contribution in [0.25, 0.3) is 89.7 Å². The predicted octanol–water partition coefficient (Wildman–Crippen LogP) is 16.7. The number of nitrogens with two attached hydrogens (primary N) is 1. The Balaban J connectivity index is 0.924. The average molecular weight is 923 g/mol. The maximum Gasteiger partial charge on any atom is 0.160 e. The molecular formula is C68H50N4. The van der Waals surface area contributed by atoms with Crippen molar-refractivity contribution in [2.45, 2.75) is 6.54 Å². The molecule has 4 heteroatoms. The van der Waals surface area contributed by atoms with Crippen molar-refractivity contribution in [3.63, 3.8) is 0 Å². The third-order valence-electron chi connectivity index (χ3n) is 13.0. The van der Waals surface area contributed by atoms with Crippen molar-refractivity contribution in [2.24, 2.45) is 10.7 Å². The largest absolute Gasteiger partial charge is 0.398 e. The zero-order valence-corrected chi connectivity index (χ0v) is 39.7. The van der Waals surface area contributed by atoms with Gasteiger partial charge in [-0.05, 0) is 55.6 Å². The fraction of sp³-hybridized carbons (Fsp3) is 0.0147. The summed E-state index contributed by atoms with van der Waals surface area (Å²) in [6, 6.07) is 97.0. The summed E-state index contributed by atoms with van der Waals surface area (Å²) >= 11 is 0. The van der Waals surface area contributed by atoms with Crippen molar-refractivity contribution in [3.05, 3.63) is 301 Å². The Hall–Kier alpha value is -9.51. The molecule has 0 spiro atoms. The summed E-state index contributed by atoms with van der Waals surface area (Å²) in [6.45, 7) is 0.479. The Morgan fingerprint density at radius 1 is 0.319 bits per heavy atom. The molecule has 0 saturated carbocycles. The molecule has 0 aliphatic heterocycles. The van der Waals surface area contributed by atoms with E-state index in [9.17, 15) is 0 Å². The lowest BCUT2D eigenvalue weighted by Crippen LogP contribution is -2.12. The van der Waals surface area contributed by atoms with Crippen LogP contribution in [0.5, 0.6) is 0 Å². The molecule has 2 N–H and O–H groups in total. The third kappa shape index (κ3) is 9.58. The number of aliphatic imine (C=N–C) groups is 1. The Morgan fingerprint density at radius 3 is 1.15 bits per heavy atom. The van der Waals surface area contributed by atoms with E-state index in [-0.39, 0.29) is 0 Å². The van der Waals surface area contributed by atoms with Crippen LogP contribution >= 0.6 is 0 Å². The summed E-state index contributed by atoms with van der Waals surface area (Å²) in [7, 11) is 0. The van der Waals surface area contributed by atoms with Gasteiger partial charge in [-0.25, -0.2) is 9.97 Å². The lowest BCUT2D eigenvalue weighted by Gasteiger charge is -2.17. The number of rotatable bonds is 13. The van der Waals surface area contributed by atoms with Gasteiger partial charge in [0.05, 0.1) is 23.6 Å². The number of benzene rings is 10. The second-order valence-electron chi connectivity index (χ2n) is 17.6. The van der Waals surface area contributed by atoms with Gasteiger partial charge in [0.1, 0.15) is 0 Å². The van der Waals surface area contributed by atoms with Gasteiger partial charge >= 0.3 is 0 Å². The first-order valence-electron chi connectivity index (χ1n) is 24.3. The molecule has 0 unspecified atom stereocenters. The summed E-state index contributed by atoms with van der Waals surface area (Å²) in [5, 5.41) is 0. The number of allylic oxidation sites excluding steroid dienone is 1. The fourth-order valence-electron chi connectivity index (χ4n) is 9.47. The summed E-state index contributed by atoms with van der Waals surface area (Å²) < 4.78 is 0. The monoisotopic (exact) mass is 922 g/mol. The van der Waals surface area contributed by atoms with Crippen molar-refractivity contribution >= 4 is 17.0 Å². The van der Waals surface area contributed by atoms with Crippen LogP contribution in [0.15, 0.2) is 284 Å². The van der Waals surface area contributed by atoms with Gasteiger partial charge in [0.2, 0.25) is 0 Å². The highest BCUT2D eigenvalue weighted by Crippen LogP contribution is 2.42. The third-order valence-corrected chi connectivity index (χ3v) is 13.0. The molecule has 0 aliphatic rings. The molecule has 10 aromatic carbocycles. The minimum absolute atomic E-state index is 0.479. The topological polar surface area (TPSA) is 64.2 Å². The Morgan fingerprint density at radius 2 is 0.681 bits per heavy atom. The van der Waals surface area contributed by atoms with E-state index in [0.717, 1.165) is 106 Å². The number of aromatic nitrogens is 2. The molecule has 0 fully saturated rings. The van der Waals surface area contributed by atoms with Crippen LogP contribution in [0.4, 0.5) is 0 Å². The Labute approximate surface area is 421 Å². The molecule has 11 aromatic rings. The van der Waals surface area contributed by atoms with Crippen LogP contribution in [-0.4, -0.2) is 15.7 Å². The summed E-state index contributed by atoms with van der Waals surface area (Å²) in [4.78, 5) is 16.0. The van der Waals surface area contributed by atoms with Gasteiger partial charge in [0, 0.05) is 39.1 Å². The van der Waals surface area contributed by atoms with E-state index in [0.29, 0.717) is 18.1 Å². The second-order valence-corrected chi connectivity index (χ2v) is 17.6. The molecule has 4 nitrogen and oxygen atoms in total. The second kappa shape index (κ2) is 21.0. The molecule has 0 amide bonds. The van der Waals surface area contributed by atoms with Crippen LogP contribution in [0.2, 0.25) is 0 Å². The van der Waals surface area contributed by atoms with Gasteiger partial charge in [0.15, 0.2) is 5.82 Å². The van der Waals surface area contributed by atoms with E-state index in [1.54, 1.807) is 0 Å². The lowest BCUT2D eigenvalue weighted by molar-refractivity contribution is 1.07. The van der Waals surface area contributed by atoms with Crippen LogP contribution in [0.3, 0.4) is 0 Å². The van der Waals surface area contributed by atoms with Crippen molar-refractivity contribution in [1.29, 1.82) is 0 Å². The van der Waals surface area contributed by atoms with E-state index >= 15 is 0 Å². The molecule has 1 aromatic heterocycles. The van der Waals surface area contributed by atoms with Crippen LogP contribution in [0, 0.1) is 0 Å². The highest BCUT2D eigenvalue weighted by Gasteiger charge is 2.21. The first-order chi connectivity index (χ1) is 35.7. The van der Waals surface area contributed by atoms with Crippen LogP contribution in [-0.2, 0) is 6.54 Å². The molecule has 0 bridgehead atoms. The molecule has 0 aliphatic carbocycles. The molecule has 0 saturated heterocycles. The minimum atomic E-state index is 0.479. The maximum atomic E-state index is 7.07. The SMILES string of the molecule is N/C(=C(\C(=NCc1ccc(-c2ccccc2-c2ccccc2-c2ccc(-c3nc(-c4ccccc4)c(-c4ccccc4)c(-c4ccccc4)n3)cc2)cc1)c1ccccc1)c1ccccc1)c1ccccc1. The number of hydrogen-bond donors (Lipinski definition) is 1. The van der Waals surface area contributed by atoms with E-state index in [2.05, 4.69) is 218 Å². The van der Waals surface area contributed by atoms with Crippen molar-refractivity contribution in [1.82, 2.24) is 9.97 Å². The maximum absolute atomic E-state index is 7.07. The summed E-state index contributed by atoms with van der Waals surface area (Å²) in [5.74, 6) is 0.674. The van der Waals surface area contributed by atoms with E-state index in [1.807, 2.05) is 60.7 Å². The average Bonchev–Trinajstić information content (AvgIpc) is 3.47. The Bertz CT molecular complexity index is 3590. The van der Waals surface area contributed by atoms with Gasteiger partial charge in [-0.3, -0.25) is 4.99 Å². The number of hydrogen-bond acceptors (Lipinski definition) is 4. The quantitative estimate of drug-likeness (QED) is 0.0925. The molecule has 72 heavy (non-hydrogen) atoms. The zero-order valence-electron chi connectivity index (χ0n) is 39.7. The van der Waals surface area contributed by atoms with Gasteiger partial charge in [-0.2, -0.15) is 0 Å². The van der Waals surface area contributed by atoms with E-state index < -0.39 is 0 Å². The standard InChI is InChI=1S/C68H50N4/c69-64(53-27-11-3-12-28-53)62(51-23-7-1-8-24-51)65(54-29-13-4-14-30-54)70-47-48-39-41-49(42-40-48)58-35-19-21-37-60(58)61-38-22-20-36-59(61)50-43-45-57(46-44-50)68-71-66(55-31-15-5-16-32-55)63(52-25-9-2-10-26-52)67(72-68)56-33-17-6-18-34-56/h1-46H,47,69H2/b64-62-,70-65?. The van der Waals surface area contributed by atoms with Gasteiger partial charge < -0.3 is 5.73 Å². The van der Waals surface area contributed by atoms with E-state index in [4.69, 9.17) is 20.7 Å². The predicted molar refractivity (Wildman–Crippen MR) is 301 cm³/mol. The summed E-state index contributed by atoms with van der Waals surface area (Å²) in [6.07, 6.45) is 0. The first-order valence-corrected chi connectivity index (χ1v) is 24.3. The minimum Gasteiger partial charge on any atom is -0.398 e. The van der Waals surface area contributed by atoms with Crippen LogP contribution < -0.4 is 5.73 Å². The normalized spacial score (nSPS) is 11.8. The fourth-order valence-corrected chi connectivity index (χ4v) is 9.47. The highest BCUT2D eigenvalue weighted by atomic mass is 14.9.